The molecule has 1 aromatic carbocycles. The quantitative estimate of drug-likeness (QED) is 0.655. The van der Waals surface area contributed by atoms with Crippen LogP contribution in [0.15, 0.2) is 35.4 Å². The van der Waals surface area contributed by atoms with Crippen molar-refractivity contribution >= 4 is 56.5 Å². The zero-order valence-electron chi connectivity index (χ0n) is 13.3. The number of thioether (sulfide) groups is 1. The summed E-state index contributed by atoms with van der Waals surface area (Å²) in [6, 6.07) is 6.29. The Morgan fingerprint density at radius 1 is 1.21 bits per heavy atom. The van der Waals surface area contributed by atoms with Gasteiger partial charge >= 0.3 is 0 Å². The van der Waals surface area contributed by atoms with Gasteiger partial charge in [-0.2, -0.15) is 0 Å². The first-order chi connectivity index (χ1) is 11.3. The van der Waals surface area contributed by atoms with Crippen LogP contribution in [0, 0.1) is 0 Å². The summed E-state index contributed by atoms with van der Waals surface area (Å²) >= 11 is 13.6. The van der Waals surface area contributed by atoms with Crippen molar-refractivity contribution in [3.05, 3.63) is 40.5 Å². The Bertz CT molecular complexity index is 824. The molecule has 130 valence electrons. The summed E-state index contributed by atoms with van der Waals surface area (Å²) in [4.78, 5) is 5.17. The second-order valence-corrected chi connectivity index (χ2v) is 8.83. The van der Waals surface area contributed by atoms with E-state index < -0.39 is 10.0 Å². The monoisotopic (exact) mass is 406 g/mol. The van der Waals surface area contributed by atoms with E-state index in [2.05, 4.69) is 4.98 Å². The van der Waals surface area contributed by atoms with Gasteiger partial charge in [0.2, 0.25) is 10.0 Å². The zero-order valence-corrected chi connectivity index (χ0v) is 16.4. The van der Waals surface area contributed by atoms with Crippen LogP contribution in [-0.2, 0) is 10.0 Å². The van der Waals surface area contributed by atoms with E-state index in [1.165, 1.54) is 25.3 Å². The lowest BCUT2D eigenvalue weighted by Gasteiger charge is -2.23. The highest BCUT2D eigenvalue weighted by Gasteiger charge is 2.25. The number of hydrogen-bond donors (Lipinski definition) is 0. The van der Waals surface area contributed by atoms with Crippen LogP contribution in [0.5, 0.6) is 5.75 Å². The van der Waals surface area contributed by atoms with E-state index in [0.29, 0.717) is 15.8 Å². The average Bonchev–Trinajstić information content (AvgIpc) is 2.46. The maximum Gasteiger partial charge on any atom is 0.237 e. The summed E-state index contributed by atoms with van der Waals surface area (Å²) in [7, 11) is -2.23. The van der Waals surface area contributed by atoms with Gasteiger partial charge in [-0.1, -0.05) is 30.1 Å². The van der Waals surface area contributed by atoms with Crippen LogP contribution in [0.1, 0.15) is 6.92 Å². The van der Waals surface area contributed by atoms with Crippen LogP contribution in [0.4, 0.5) is 11.5 Å². The maximum atomic E-state index is 12.4. The third-order valence-corrected chi connectivity index (χ3v) is 5.27. The van der Waals surface area contributed by atoms with E-state index in [1.807, 2.05) is 6.92 Å². The van der Waals surface area contributed by atoms with Gasteiger partial charge in [-0.25, -0.2) is 17.7 Å². The molecular weight excluding hydrogens is 391 g/mol. The van der Waals surface area contributed by atoms with Crippen molar-refractivity contribution < 1.29 is 13.2 Å². The number of anilines is 2. The summed E-state index contributed by atoms with van der Waals surface area (Å²) in [6.45, 7) is 2.02. The molecule has 0 aliphatic rings. The molecule has 1 aromatic heterocycles. The lowest BCUT2D eigenvalue weighted by Crippen LogP contribution is -2.26. The molecule has 0 fully saturated rings. The van der Waals surface area contributed by atoms with Gasteiger partial charge in [-0.05, 0) is 30.0 Å². The van der Waals surface area contributed by atoms with E-state index in [-0.39, 0.29) is 11.5 Å². The van der Waals surface area contributed by atoms with Crippen molar-refractivity contribution in [1.29, 1.82) is 0 Å². The highest BCUT2D eigenvalue weighted by atomic mass is 35.5. The fourth-order valence-electron chi connectivity index (χ4n) is 2.10. The van der Waals surface area contributed by atoms with E-state index in [1.54, 1.807) is 24.0 Å². The molecule has 0 radical (unpaired) electrons. The minimum absolute atomic E-state index is 0.152. The molecule has 0 amide bonds. The van der Waals surface area contributed by atoms with Crippen LogP contribution in [-0.4, -0.2) is 32.5 Å². The smallest absolute Gasteiger partial charge is 0.237 e. The number of sulfonamides is 1. The summed E-state index contributed by atoms with van der Waals surface area (Å²) in [6.07, 6.45) is 2.69. The standard InChI is InChI=1S/C15H16Cl2N2O3S2/c1-4-23-13-8-14(22-2)15(18-9-13)19(24(3,20)21)12-6-10(16)5-11(17)7-12/h5-9H,4H2,1-3H3. The second kappa shape index (κ2) is 7.82. The number of benzene rings is 1. The van der Waals surface area contributed by atoms with Gasteiger partial charge in [0.15, 0.2) is 11.6 Å². The normalized spacial score (nSPS) is 11.4. The number of methoxy groups -OCH3 is 1. The van der Waals surface area contributed by atoms with E-state index >= 15 is 0 Å². The van der Waals surface area contributed by atoms with Crippen molar-refractivity contribution in [1.82, 2.24) is 4.98 Å². The number of hydrogen-bond acceptors (Lipinski definition) is 5. The molecule has 0 aliphatic carbocycles. The van der Waals surface area contributed by atoms with Crippen LogP contribution < -0.4 is 9.04 Å². The molecule has 2 aromatic rings. The maximum absolute atomic E-state index is 12.4. The van der Waals surface area contributed by atoms with Crippen LogP contribution >= 0.6 is 35.0 Å². The van der Waals surface area contributed by atoms with Crippen molar-refractivity contribution in [2.24, 2.45) is 0 Å². The molecule has 0 N–H and O–H groups in total. The Kier molecular flexibility index (Phi) is 6.25. The first kappa shape index (κ1) is 19.2. The van der Waals surface area contributed by atoms with Crippen molar-refractivity contribution in [3.63, 3.8) is 0 Å². The number of aromatic nitrogens is 1. The minimum Gasteiger partial charge on any atom is -0.493 e. The van der Waals surface area contributed by atoms with Crippen LogP contribution in [0.3, 0.4) is 0 Å². The number of halogens is 2. The first-order valence-corrected chi connectivity index (χ1v) is 10.5. The third-order valence-electron chi connectivity index (χ3n) is 2.94. The summed E-state index contributed by atoms with van der Waals surface area (Å²) in [5.74, 6) is 1.36. The summed E-state index contributed by atoms with van der Waals surface area (Å²) in [5.41, 5.74) is 0.289. The molecule has 9 heteroatoms. The van der Waals surface area contributed by atoms with Crippen molar-refractivity contribution in [2.75, 3.05) is 23.4 Å². The Hall–Kier alpha value is -1.15. The Morgan fingerprint density at radius 3 is 2.33 bits per heavy atom. The van der Waals surface area contributed by atoms with Crippen molar-refractivity contribution in [3.8, 4) is 5.75 Å². The lowest BCUT2D eigenvalue weighted by atomic mass is 10.3. The number of nitrogens with zero attached hydrogens (tertiary/aromatic N) is 2. The zero-order chi connectivity index (χ0) is 17.9. The largest absolute Gasteiger partial charge is 0.493 e. The molecule has 0 aliphatic heterocycles. The molecule has 0 saturated carbocycles. The number of pyridine rings is 1. The van der Waals surface area contributed by atoms with Crippen molar-refractivity contribution in [2.45, 2.75) is 11.8 Å². The van der Waals surface area contributed by atoms with Crippen LogP contribution in [0.25, 0.3) is 0 Å². The summed E-state index contributed by atoms with van der Waals surface area (Å²) < 4.78 is 31.1. The molecule has 0 atom stereocenters. The SMILES string of the molecule is CCSc1cnc(N(c2cc(Cl)cc(Cl)c2)S(C)(=O)=O)c(OC)c1. The lowest BCUT2D eigenvalue weighted by molar-refractivity contribution is 0.413. The Morgan fingerprint density at radius 2 is 1.83 bits per heavy atom. The van der Waals surface area contributed by atoms with Gasteiger partial charge in [0.25, 0.3) is 0 Å². The molecule has 0 spiro atoms. The second-order valence-electron chi connectivity index (χ2n) is 4.78. The molecule has 1 heterocycles. The molecule has 24 heavy (non-hydrogen) atoms. The van der Waals surface area contributed by atoms with Gasteiger partial charge in [-0.3, -0.25) is 0 Å². The van der Waals surface area contributed by atoms with Gasteiger partial charge in [0, 0.05) is 21.1 Å². The predicted molar refractivity (Wildman–Crippen MR) is 101 cm³/mol. The van der Waals surface area contributed by atoms with Gasteiger partial charge in [0.05, 0.1) is 19.1 Å². The van der Waals surface area contributed by atoms with E-state index in [0.717, 1.165) is 21.2 Å². The molecule has 0 bridgehead atoms. The molecule has 2 rings (SSSR count). The predicted octanol–water partition coefficient (Wildman–Crippen LogP) is 4.61. The summed E-state index contributed by atoms with van der Waals surface area (Å²) in [5, 5.41) is 0.645. The highest BCUT2D eigenvalue weighted by Crippen LogP contribution is 2.38. The van der Waals surface area contributed by atoms with E-state index in [4.69, 9.17) is 27.9 Å². The molecular formula is C15H16Cl2N2O3S2. The number of rotatable bonds is 6. The topological polar surface area (TPSA) is 59.5 Å². The third kappa shape index (κ3) is 4.47. The minimum atomic E-state index is -3.70. The van der Waals surface area contributed by atoms with Gasteiger partial charge in [-0.15, -0.1) is 11.8 Å². The Balaban J connectivity index is 2.65. The fraction of sp³-hybridized carbons (Fsp3) is 0.267. The molecule has 0 unspecified atom stereocenters. The fourth-order valence-corrected chi connectivity index (χ4v) is 4.20. The van der Waals surface area contributed by atoms with Crippen LogP contribution in [0.2, 0.25) is 10.0 Å². The number of ether oxygens (including phenoxy) is 1. The average molecular weight is 407 g/mol. The molecule has 5 nitrogen and oxygen atoms in total. The highest BCUT2D eigenvalue weighted by molar-refractivity contribution is 7.99. The van der Waals surface area contributed by atoms with Gasteiger partial charge in [0.1, 0.15) is 0 Å². The Labute approximate surface area is 156 Å². The molecule has 0 saturated heterocycles. The van der Waals surface area contributed by atoms with E-state index in [9.17, 15) is 8.42 Å². The van der Waals surface area contributed by atoms with Gasteiger partial charge < -0.3 is 4.74 Å². The first-order valence-electron chi connectivity index (χ1n) is 6.89.